The molecular weight excluding hydrogens is 300 g/mol. The molecule has 0 aliphatic rings. The van der Waals surface area contributed by atoms with Gasteiger partial charge in [0.05, 0.1) is 6.20 Å². The average Bonchev–Trinajstić information content (AvgIpc) is 2.98. The van der Waals surface area contributed by atoms with Gasteiger partial charge in [0.1, 0.15) is 5.58 Å². The highest BCUT2D eigenvalue weighted by molar-refractivity contribution is 6.07. The third kappa shape index (κ3) is 2.63. The SMILES string of the molecule is Cc1ccc(CNC(=O)c2ccc3c(c2)oc2cnccc23)cc1. The van der Waals surface area contributed by atoms with E-state index in [0.717, 1.165) is 21.9 Å². The Hall–Kier alpha value is -3.14. The summed E-state index contributed by atoms with van der Waals surface area (Å²) in [6.45, 7) is 2.54. The number of aromatic nitrogens is 1. The Balaban J connectivity index is 1.57. The fourth-order valence-corrected chi connectivity index (χ4v) is 2.76. The maximum absolute atomic E-state index is 12.4. The number of rotatable bonds is 3. The van der Waals surface area contributed by atoms with Crippen LogP contribution in [-0.4, -0.2) is 10.9 Å². The number of nitrogens with zero attached hydrogens (tertiary/aromatic N) is 1. The van der Waals surface area contributed by atoms with Crippen molar-refractivity contribution in [3.8, 4) is 0 Å². The zero-order valence-electron chi connectivity index (χ0n) is 13.2. The van der Waals surface area contributed by atoms with E-state index in [9.17, 15) is 4.79 Å². The smallest absolute Gasteiger partial charge is 0.251 e. The van der Waals surface area contributed by atoms with Crippen molar-refractivity contribution in [3.63, 3.8) is 0 Å². The molecule has 2 aromatic heterocycles. The lowest BCUT2D eigenvalue weighted by Gasteiger charge is -2.06. The molecule has 4 heteroatoms. The van der Waals surface area contributed by atoms with Crippen molar-refractivity contribution in [2.24, 2.45) is 0 Å². The largest absolute Gasteiger partial charge is 0.454 e. The van der Waals surface area contributed by atoms with E-state index < -0.39 is 0 Å². The lowest BCUT2D eigenvalue weighted by molar-refractivity contribution is 0.0951. The quantitative estimate of drug-likeness (QED) is 0.615. The van der Waals surface area contributed by atoms with E-state index in [2.05, 4.69) is 10.3 Å². The van der Waals surface area contributed by atoms with Crippen LogP contribution < -0.4 is 5.32 Å². The molecule has 0 fully saturated rings. The minimum absolute atomic E-state index is 0.115. The molecule has 0 atom stereocenters. The second-order valence-corrected chi connectivity index (χ2v) is 5.85. The van der Waals surface area contributed by atoms with Crippen molar-refractivity contribution in [2.75, 3.05) is 0 Å². The predicted octanol–water partition coefficient (Wildman–Crippen LogP) is 4.22. The molecule has 0 aliphatic heterocycles. The number of pyridine rings is 1. The summed E-state index contributed by atoms with van der Waals surface area (Å²) in [4.78, 5) is 16.4. The van der Waals surface area contributed by atoms with Crippen LogP contribution in [-0.2, 0) is 6.54 Å². The molecule has 4 aromatic rings. The number of benzene rings is 2. The van der Waals surface area contributed by atoms with Gasteiger partial charge in [-0.2, -0.15) is 0 Å². The minimum Gasteiger partial charge on any atom is -0.454 e. The summed E-state index contributed by atoms with van der Waals surface area (Å²) in [5, 5.41) is 4.93. The third-order valence-corrected chi connectivity index (χ3v) is 4.11. The number of fused-ring (bicyclic) bond motifs is 3. The van der Waals surface area contributed by atoms with Crippen LogP contribution >= 0.6 is 0 Å². The van der Waals surface area contributed by atoms with Gasteiger partial charge < -0.3 is 9.73 Å². The second kappa shape index (κ2) is 5.81. The van der Waals surface area contributed by atoms with Crippen LogP contribution in [0.1, 0.15) is 21.5 Å². The first-order valence-corrected chi connectivity index (χ1v) is 7.81. The minimum atomic E-state index is -0.115. The lowest BCUT2D eigenvalue weighted by Crippen LogP contribution is -2.22. The first kappa shape index (κ1) is 14.5. The average molecular weight is 316 g/mol. The second-order valence-electron chi connectivity index (χ2n) is 5.85. The van der Waals surface area contributed by atoms with E-state index in [1.807, 2.05) is 49.4 Å². The topological polar surface area (TPSA) is 55.1 Å². The Morgan fingerprint density at radius 1 is 1.04 bits per heavy atom. The van der Waals surface area contributed by atoms with E-state index in [-0.39, 0.29) is 5.91 Å². The molecule has 1 amide bonds. The Morgan fingerprint density at radius 3 is 2.67 bits per heavy atom. The first-order chi connectivity index (χ1) is 11.7. The summed E-state index contributed by atoms with van der Waals surface area (Å²) < 4.78 is 5.78. The molecule has 0 bridgehead atoms. The molecule has 0 radical (unpaired) electrons. The van der Waals surface area contributed by atoms with Crippen molar-refractivity contribution in [2.45, 2.75) is 13.5 Å². The molecule has 0 spiro atoms. The van der Waals surface area contributed by atoms with Crippen LogP contribution in [0.15, 0.2) is 65.3 Å². The molecule has 4 nitrogen and oxygen atoms in total. The molecule has 0 unspecified atom stereocenters. The number of aryl methyl sites for hydroxylation is 1. The molecule has 0 aliphatic carbocycles. The summed E-state index contributed by atoms with van der Waals surface area (Å²) in [5.74, 6) is -0.115. The number of hydrogen-bond donors (Lipinski definition) is 1. The van der Waals surface area contributed by atoms with Crippen LogP contribution in [0.2, 0.25) is 0 Å². The standard InChI is InChI=1S/C20H16N2O2/c1-13-2-4-14(5-3-13)11-22-20(23)15-6-7-16-17-8-9-21-12-19(17)24-18(16)10-15/h2-10,12H,11H2,1H3,(H,22,23). The van der Waals surface area contributed by atoms with E-state index in [4.69, 9.17) is 4.42 Å². The number of amides is 1. The summed E-state index contributed by atoms with van der Waals surface area (Å²) in [7, 11) is 0. The molecule has 2 heterocycles. The summed E-state index contributed by atoms with van der Waals surface area (Å²) in [5.41, 5.74) is 4.28. The van der Waals surface area contributed by atoms with Crippen LogP contribution in [0.4, 0.5) is 0 Å². The highest BCUT2D eigenvalue weighted by atomic mass is 16.3. The van der Waals surface area contributed by atoms with Gasteiger partial charge in [0, 0.05) is 29.1 Å². The maximum atomic E-state index is 12.4. The number of hydrogen-bond acceptors (Lipinski definition) is 3. The van der Waals surface area contributed by atoms with Crippen LogP contribution in [0, 0.1) is 6.92 Å². The lowest BCUT2D eigenvalue weighted by atomic mass is 10.1. The molecule has 0 saturated carbocycles. The summed E-state index contributed by atoms with van der Waals surface area (Å²) >= 11 is 0. The van der Waals surface area contributed by atoms with Gasteiger partial charge in [-0.1, -0.05) is 29.8 Å². The number of nitrogens with one attached hydrogen (secondary N) is 1. The highest BCUT2D eigenvalue weighted by Crippen LogP contribution is 2.28. The van der Waals surface area contributed by atoms with Gasteiger partial charge in [-0.3, -0.25) is 9.78 Å². The van der Waals surface area contributed by atoms with Gasteiger partial charge in [-0.05, 0) is 36.8 Å². The van der Waals surface area contributed by atoms with Gasteiger partial charge >= 0.3 is 0 Å². The Morgan fingerprint density at radius 2 is 1.83 bits per heavy atom. The monoisotopic (exact) mass is 316 g/mol. The van der Waals surface area contributed by atoms with Crippen molar-refractivity contribution >= 4 is 27.8 Å². The van der Waals surface area contributed by atoms with Crippen molar-refractivity contribution < 1.29 is 9.21 Å². The number of carbonyl (C=O) groups excluding carboxylic acids is 1. The van der Waals surface area contributed by atoms with Crippen molar-refractivity contribution in [1.82, 2.24) is 10.3 Å². The fraction of sp³-hybridized carbons (Fsp3) is 0.100. The Kier molecular flexibility index (Phi) is 3.50. The van der Waals surface area contributed by atoms with Crippen molar-refractivity contribution in [1.29, 1.82) is 0 Å². The maximum Gasteiger partial charge on any atom is 0.251 e. The zero-order chi connectivity index (χ0) is 16.5. The predicted molar refractivity (Wildman–Crippen MR) is 93.9 cm³/mol. The molecule has 24 heavy (non-hydrogen) atoms. The molecule has 1 N–H and O–H groups in total. The van der Waals surface area contributed by atoms with E-state index in [1.54, 1.807) is 18.5 Å². The zero-order valence-corrected chi connectivity index (χ0v) is 13.2. The molecule has 0 saturated heterocycles. The molecule has 4 rings (SSSR count). The molecule has 118 valence electrons. The van der Waals surface area contributed by atoms with Gasteiger partial charge in [-0.15, -0.1) is 0 Å². The molecular formula is C20H16N2O2. The summed E-state index contributed by atoms with van der Waals surface area (Å²) in [6.07, 6.45) is 3.42. The Bertz CT molecular complexity index is 1030. The Labute approximate surface area is 139 Å². The van der Waals surface area contributed by atoms with E-state index >= 15 is 0 Å². The summed E-state index contributed by atoms with van der Waals surface area (Å²) in [6, 6.07) is 15.5. The number of carbonyl (C=O) groups is 1. The van der Waals surface area contributed by atoms with Crippen LogP contribution in [0.3, 0.4) is 0 Å². The van der Waals surface area contributed by atoms with Crippen molar-refractivity contribution in [3.05, 3.63) is 77.6 Å². The third-order valence-electron chi connectivity index (χ3n) is 4.11. The first-order valence-electron chi connectivity index (χ1n) is 7.81. The normalized spacial score (nSPS) is 11.0. The van der Waals surface area contributed by atoms with Gasteiger partial charge in [0.2, 0.25) is 0 Å². The van der Waals surface area contributed by atoms with E-state index in [1.165, 1.54) is 5.56 Å². The molecule has 2 aromatic carbocycles. The van der Waals surface area contributed by atoms with Gasteiger partial charge in [0.25, 0.3) is 5.91 Å². The van der Waals surface area contributed by atoms with Crippen LogP contribution in [0.5, 0.6) is 0 Å². The number of furan rings is 1. The van der Waals surface area contributed by atoms with E-state index in [0.29, 0.717) is 17.7 Å². The van der Waals surface area contributed by atoms with Crippen LogP contribution in [0.25, 0.3) is 21.9 Å². The highest BCUT2D eigenvalue weighted by Gasteiger charge is 2.11. The fourth-order valence-electron chi connectivity index (χ4n) is 2.76. The van der Waals surface area contributed by atoms with Gasteiger partial charge in [0.15, 0.2) is 5.58 Å². The van der Waals surface area contributed by atoms with Gasteiger partial charge in [-0.25, -0.2) is 0 Å².